The first-order valence-electron chi connectivity index (χ1n) is 42.8. The number of aliphatic hydroxyl groups is 2. The third kappa shape index (κ3) is 77.7. The summed E-state index contributed by atoms with van der Waals surface area (Å²) in [6.45, 7) is 5.02. The first-order valence-corrected chi connectivity index (χ1v) is 42.8. The number of hydrogen-bond donors (Lipinski definition) is 3. The molecule has 0 aliphatic rings. The van der Waals surface area contributed by atoms with E-state index in [1.165, 1.54) is 437 Å². The second kappa shape index (κ2) is 81.3. The summed E-state index contributed by atoms with van der Waals surface area (Å²) >= 11 is 0. The molecule has 0 bridgehead atoms. The summed E-state index contributed by atoms with van der Waals surface area (Å²) in [6.07, 6.45) is 102. The number of hydrogen-bond acceptors (Lipinski definition) is 5. The number of nitrogens with one attached hydrogen (secondary N) is 1. The zero-order valence-corrected chi connectivity index (χ0v) is 62.6. The molecule has 0 saturated carbocycles. The summed E-state index contributed by atoms with van der Waals surface area (Å²) in [6, 6.07) is -0.537. The molecule has 91 heavy (non-hydrogen) atoms. The summed E-state index contributed by atoms with van der Waals surface area (Å²) in [5, 5.41) is 23.5. The van der Waals surface area contributed by atoms with E-state index in [1.54, 1.807) is 0 Å². The number of carbonyl (C=O) groups is 2. The monoisotopic (exact) mass is 1280 g/mol. The van der Waals surface area contributed by atoms with E-state index >= 15 is 0 Å². The number of esters is 1. The lowest BCUT2D eigenvalue weighted by molar-refractivity contribution is -0.143. The van der Waals surface area contributed by atoms with Crippen LogP contribution in [0.1, 0.15) is 508 Å². The summed E-state index contributed by atoms with van der Waals surface area (Å²) in [4.78, 5) is 24.7. The van der Waals surface area contributed by atoms with Gasteiger partial charge in [0.2, 0.25) is 5.91 Å². The number of unbranched alkanes of at least 4 members (excludes halogenated alkanes) is 71. The maximum atomic E-state index is 12.6. The molecule has 0 radical (unpaired) electrons. The van der Waals surface area contributed by atoms with Crippen LogP contribution >= 0.6 is 0 Å². The highest BCUT2D eigenvalue weighted by Crippen LogP contribution is 2.21. The van der Waals surface area contributed by atoms with Crippen LogP contribution in [0.5, 0.6) is 0 Å². The molecule has 1 amide bonds. The molecule has 544 valence electrons. The molecule has 0 aromatic rings. The van der Waals surface area contributed by atoms with E-state index in [2.05, 4.69) is 19.2 Å². The summed E-state index contributed by atoms with van der Waals surface area (Å²) in [7, 11) is 0. The number of ether oxygens (including phenoxy) is 1. The topological polar surface area (TPSA) is 95.9 Å². The number of rotatable bonds is 82. The number of carbonyl (C=O) groups excluding carboxylic acids is 2. The van der Waals surface area contributed by atoms with Gasteiger partial charge in [0.05, 0.1) is 25.4 Å². The van der Waals surface area contributed by atoms with Crippen LogP contribution < -0.4 is 5.32 Å². The van der Waals surface area contributed by atoms with Crippen molar-refractivity contribution in [3.63, 3.8) is 0 Å². The van der Waals surface area contributed by atoms with E-state index < -0.39 is 12.1 Å². The third-order valence-electron chi connectivity index (χ3n) is 20.7. The Morgan fingerprint density at radius 2 is 0.451 bits per heavy atom. The Morgan fingerprint density at radius 1 is 0.264 bits per heavy atom. The van der Waals surface area contributed by atoms with Crippen LogP contribution in [0.2, 0.25) is 0 Å². The van der Waals surface area contributed by atoms with Gasteiger partial charge in [0.1, 0.15) is 0 Å². The smallest absolute Gasteiger partial charge is 0.305 e. The van der Waals surface area contributed by atoms with Crippen LogP contribution in [0.15, 0.2) is 0 Å². The second-order valence-electron chi connectivity index (χ2n) is 29.9. The van der Waals surface area contributed by atoms with E-state index in [0.717, 1.165) is 38.5 Å². The van der Waals surface area contributed by atoms with E-state index in [9.17, 15) is 19.8 Å². The van der Waals surface area contributed by atoms with Crippen molar-refractivity contribution in [2.75, 3.05) is 13.2 Å². The van der Waals surface area contributed by atoms with E-state index in [-0.39, 0.29) is 18.5 Å². The van der Waals surface area contributed by atoms with Crippen molar-refractivity contribution in [1.29, 1.82) is 0 Å². The fourth-order valence-corrected chi connectivity index (χ4v) is 14.2. The molecule has 2 unspecified atom stereocenters. The van der Waals surface area contributed by atoms with Gasteiger partial charge in [-0.1, -0.05) is 470 Å². The van der Waals surface area contributed by atoms with Gasteiger partial charge in [-0.3, -0.25) is 9.59 Å². The minimum Gasteiger partial charge on any atom is -0.466 e. The first-order chi connectivity index (χ1) is 45.0. The molecule has 0 rings (SSSR count). The molecule has 0 spiro atoms. The van der Waals surface area contributed by atoms with Gasteiger partial charge < -0.3 is 20.3 Å². The maximum Gasteiger partial charge on any atom is 0.305 e. The van der Waals surface area contributed by atoms with Crippen molar-refractivity contribution in [2.45, 2.75) is 520 Å². The molecule has 3 N–H and O–H groups in total. The Hall–Kier alpha value is -1.14. The molecule has 2 atom stereocenters. The lowest BCUT2D eigenvalue weighted by Gasteiger charge is -2.22. The largest absolute Gasteiger partial charge is 0.466 e. The van der Waals surface area contributed by atoms with E-state index in [1.807, 2.05) is 0 Å². The van der Waals surface area contributed by atoms with Crippen molar-refractivity contribution in [1.82, 2.24) is 5.32 Å². The Morgan fingerprint density at radius 3 is 0.670 bits per heavy atom. The normalized spacial score (nSPS) is 12.4. The Kier molecular flexibility index (Phi) is 80.3. The summed E-state index contributed by atoms with van der Waals surface area (Å²) in [5.74, 6) is 0.00540. The number of amides is 1. The van der Waals surface area contributed by atoms with Gasteiger partial charge in [-0.25, -0.2) is 0 Å². The minimum absolute atomic E-state index is 0.0224. The Labute approximate surface area is 572 Å². The highest BCUT2D eigenvalue weighted by Gasteiger charge is 2.20. The van der Waals surface area contributed by atoms with Crippen molar-refractivity contribution < 1.29 is 24.5 Å². The van der Waals surface area contributed by atoms with Crippen molar-refractivity contribution >= 4 is 11.9 Å². The third-order valence-corrected chi connectivity index (χ3v) is 20.7. The number of aliphatic hydroxyl groups excluding tert-OH is 2. The molecular formula is C85H169NO5. The molecule has 6 nitrogen and oxygen atoms in total. The van der Waals surface area contributed by atoms with Gasteiger partial charge in [0, 0.05) is 12.8 Å². The minimum atomic E-state index is -0.660. The van der Waals surface area contributed by atoms with Gasteiger partial charge in [-0.15, -0.1) is 0 Å². The van der Waals surface area contributed by atoms with Crippen LogP contribution in [-0.2, 0) is 14.3 Å². The van der Waals surface area contributed by atoms with Crippen molar-refractivity contribution in [2.24, 2.45) is 0 Å². The van der Waals surface area contributed by atoms with Gasteiger partial charge >= 0.3 is 5.97 Å². The van der Waals surface area contributed by atoms with Crippen molar-refractivity contribution in [3.05, 3.63) is 0 Å². The van der Waals surface area contributed by atoms with E-state index in [0.29, 0.717) is 25.9 Å². The molecule has 0 aliphatic carbocycles. The summed E-state index contributed by atoms with van der Waals surface area (Å²) in [5.41, 5.74) is 0. The molecule has 0 aliphatic heterocycles. The second-order valence-corrected chi connectivity index (χ2v) is 29.9. The van der Waals surface area contributed by atoms with Crippen LogP contribution in [0.3, 0.4) is 0 Å². The zero-order valence-electron chi connectivity index (χ0n) is 62.6. The zero-order chi connectivity index (χ0) is 65.6. The van der Waals surface area contributed by atoms with Crippen LogP contribution in [0, 0.1) is 0 Å². The highest BCUT2D eigenvalue weighted by molar-refractivity contribution is 5.76. The molecule has 0 aromatic carbocycles. The lowest BCUT2D eigenvalue weighted by atomic mass is 10.0. The highest BCUT2D eigenvalue weighted by atomic mass is 16.5. The molecule has 0 heterocycles. The molecule has 0 aromatic heterocycles. The fourth-order valence-electron chi connectivity index (χ4n) is 14.2. The average molecular weight is 1290 g/mol. The fraction of sp³-hybridized carbons (Fsp3) is 0.976. The molecule has 0 fully saturated rings. The Bertz CT molecular complexity index is 1340. The Balaban J connectivity index is 3.29. The average Bonchev–Trinajstić information content (AvgIpc) is 3.65. The predicted octanol–water partition coefficient (Wildman–Crippen LogP) is 28.4. The standard InChI is InChI=1S/C85H169NO5/c1-3-5-7-9-11-13-15-17-19-20-21-41-44-47-50-53-57-61-65-69-73-77-83(88)82(81-87)86-84(89)78-74-70-66-62-58-54-51-48-45-42-39-37-35-33-31-29-27-25-23-22-24-26-28-30-32-34-36-38-40-43-46-49-52-56-60-64-68-72-76-80-91-85(90)79-75-71-67-63-59-55-18-16-14-12-10-8-6-4-2/h82-83,87-88H,3-81H2,1-2H3,(H,86,89). The predicted molar refractivity (Wildman–Crippen MR) is 403 cm³/mol. The van der Waals surface area contributed by atoms with Crippen LogP contribution in [-0.4, -0.2) is 47.4 Å². The first kappa shape index (κ1) is 89.9. The SMILES string of the molecule is CCCCCCCCCCCCCCCCCCCCCCCC(O)C(CO)NC(=O)CCCCCCCCCCCCCCCCCCCCCCCCCCCCCCCCCCCCCCCCCOC(=O)CCCCCCCCCCCCCCCC. The van der Waals surface area contributed by atoms with Gasteiger partial charge in [0.15, 0.2) is 0 Å². The molecular weight excluding hydrogens is 1110 g/mol. The maximum absolute atomic E-state index is 12.6. The van der Waals surface area contributed by atoms with Gasteiger partial charge in [-0.05, 0) is 25.7 Å². The van der Waals surface area contributed by atoms with Crippen molar-refractivity contribution in [3.8, 4) is 0 Å². The molecule has 6 heteroatoms. The van der Waals surface area contributed by atoms with E-state index in [4.69, 9.17) is 4.74 Å². The van der Waals surface area contributed by atoms with Crippen LogP contribution in [0.4, 0.5) is 0 Å². The lowest BCUT2D eigenvalue weighted by Crippen LogP contribution is -2.45. The summed E-state index contributed by atoms with van der Waals surface area (Å²) < 4.78 is 5.51. The van der Waals surface area contributed by atoms with Gasteiger partial charge in [-0.2, -0.15) is 0 Å². The van der Waals surface area contributed by atoms with Gasteiger partial charge in [0.25, 0.3) is 0 Å². The quantitative estimate of drug-likeness (QED) is 0.0417. The van der Waals surface area contributed by atoms with Crippen LogP contribution in [0.25, 0.3) is 0 Å². The molecule has 0 saturated heterocycles.